The number of benzene rings is 2. The Hall–Kier alpha value is -2.77. The standard InChI is InChI=1S/C17H12ClN5OS/c1-23-16(20-21-22-23)10-5-4-6-11(9-10)19-17(24)15-14(18)12-7-2-3-8-13(12)25-15/h2-9H,1H3,(H,19,24). The molecule has 2 aromatic carbocycles. The number of halogens is 1. The van der Waals surface area contributed by atoms with Gasteiger partial charge in [0.25, 0.3) is 5.91 Å². The van der Waals surface area contributed by atoms with Crippen molar-refractivity contribution in [1.82, 2.24) is 20.2 Å². The Bertz CT molecular complexity index is 1090. The third-order valence-electron chi connectivity index (χ3n) is 3.74. The molecule has 0 bridgehead atoms. The van der Waals surface area contributed by atoms with Crippen molar-refractivity contribution in [2.45, 2.75) is 0 Å². The number of aryl methyl sites for hydroxylation is 1. The summed E-state index contributed by atoms with van der Waals surface area (Å²) in [4.78, 5) is 13.1. The molecule has 0 fully saturated rings. The third-order valence-corrected chi connectivity index (χ3v) is 5.41. The fraction of sp³-hybridized carbons (Fsp3) is 0.0588. The van der Waals surface area contributed by atoms with Gasteiger partial charge in [-0.3, -0.25) is 4.79 Å². The first kappa shape index (κ1) is 15.7. The summed E-state index contributed by atoms with van der Waals surface area (Å²) in [5.74, 6) is 0.385. The molecule has 2 aromatic heterocycles. The number of fused-ring (bicyclic) bond motifs is 1. The number of nitrogens with one attached hydrogen (secondary N) is 1. The molecule has 124 valence electrons. The molecule has 0 saturated carbocycles. The minimum absolute atomic E-state index is 0.237. The molecule has 1 amide bonds. The number of rotatable bonds is 3. The average Bonchev–Trinajstić information content (AvgIpc) is 3.19. The Balaban J connectivity index is 1.64. The van der Waals surface area contributed by atoms with Crippen LogP contribution in [0.4, 0.5) is 5.69 Å². The summed E-state index contributed by atoms with van der Waals surface area (Å²) in [5.41, 5.74) is 1.46. The number of hydrogen-bond donors (Lipinski definition) is 1. The van der Waals surface area contributed by atoms with Crippen LogP contribution in [0.3, 0.4) is 0 Å². The molecule has 0 atom stereocenters. The fourth-order valence-corrected chi connectivity index (χ4v) is 3.97. The lowest BCUT2D eigenvalue weighted by Gasteiger charge is -2.06. The number of anilines is 1. The van der Waals surface area contributed by atoms with Crippen LogP contribution in [0.5, 0.6) is 0 Å². The maximum atomic E-state index is 12.6. The molecule has 0 saturated heterocycles. The summed E-state index contributed by atoms with van der Waals surface area (Å²) in [6.07, 6.45) is 0. The fourth-order valence-electron chi connectivity index (χ4n) is 2.56. The molecule has 1 N–H and O–H groups in total. The van der Waals surface area contributed by atoms with Crippen LogP contribution in [-0.2, 0) is 7.05 Å². The third kappa shape index (κ3) is 2.88. The molecule has 0 unspecified atom stereocenters. The number of carbonyl (C=O) groups is 1. The summed E-state index contributed by atoms with van der Waals surface area (Å²) in [5, 5.41) is 15.7. The predicted octanol–water partition coefficient (Wildman–Crippen LogP) is 4.00. The van der Waals surface area contributed by atoms with Crippen molar-refractivity contribution in [1.29, 1.82) is 0 Å². The molecular formula is C17H12ClN5OS. The molecule has 0 radical (unpaired) electrons. The lowest BCUT2D eigenvalue weighted by molar-refractivity contribution is 0.103. The van der Waals surface area contributed by atoms with Crippen molar-refractivity contribution >= 4 is 44.6 Å². The summed E-state index contributed by atoms with van der Waals surface area (Å²) >= 11 is 7.75. The van der Waals surface area contributed by atoms with Gasteiger partial charge in [0.05, 0.1) is 5.02 Å². The van der Waals surface area contributed by atoms with Gasteiger partial charge in [-0.1, -0.05) is 41.9 Å². The van der Waals surface area contributed by atoms with Crippen molar-refractivity contribution in [3.63, 3.8) is 0 Å². The topological polar surface area (TPSA) is 72.7 Å². The first-order valence-electron chi connectivity index (χ1n) is 7.44. The van der Waals surface area contributed by atoms with Gasteiger partial charge in [-0.25, -0.2) is 4.68 Å². The number of nitrogens with zero attached hydrogens (tertiary/aromatic N) is 4. The van der Waals surface area contributed by atoms with Crippen molar-refractivity contribution in [3.05, 3.63) is 58.4 Å². The number of thiophene rings is 1. The van der Waals surface area contributed by atoms with Crippen LogP contribution >= 0.6 is 22.9 Å². The van der Waals surface area contributed by atoms with Gasteiger partial charge in [-0.2, -0.15) is 0 Å². The second-order valence-corrected chi connectivity index (χ2v) is 6.83. The molecule has 0 aliphatic heterocycles. The summed E-state index contributed by atoms with van der Waals surface area (Å²) in [6.45, 7) is 0. The van der Waals surface area contributed by atoms with Gasteiger partial charge >= 0.3 is 0 Å². The zero-order valence-electron chi connectivity index (χ0n) is 13.1. The summed E-state index contributed by atoms with van der Waals surface area (Å²) in [7, 11) is 1.76. The highest BCUT2D eigenvalue weighted by atomic mass is 35.5. The number of carbonyl (C=O) groups excluding carboxylic acids is 1. The molecule has 4 rings (SSSR count). The van der Waals surface area contributed by atoms with E-state index < -0.39 is 0 Å². The number of amides is 1. The minimum atomic E-state index is -0.237. The smallest absolute Gasteiger partial charge is 0.267 e. The van der Waals surface area contributed by atoms with E-state index in [0.717, 1.165) is 15.6 Å². The van der Waals surface area contributed by atoms with Gasteiger partial charge in [0.1, 0.15) is 4.88 Å². The van der Waals surface area contributed by atoms with E-state index in [4.69, 9.17) is 11.6 Å². The predicted molar refractivity (Wildman–Crippen MR) is 99.0 cm³/mol. The Morgan fingerprint density at radius 1 is 1.20 bits per heavy atom. The summed E-state index contributed by atoms with van der Waals surface area (Å²) in [6, 6.07) is 15.0. The molecule has 25 heavy (non-hydrogen) atoms. The number of aromatic nitrogens is 4. The zero-order valence-corrected chi connectivity index (χ0v) is 14.7. The van der Waals surface area contributed by atoms with E-state index in [1.54, 1.807) is 11.7 Å². The van der Waals surface area contributed by atoms with E-state index in [9.17, 15) is 4.79 Å². The van der Waals surface area contributed by atoms with E-state index >= 15 is 0 Å². The molecule has 0 spiro atoms. The van der Waals surface area contributed by atoms with Crippen LogP contribution in [0.2, 0.25) is 5.02 Å². The van der Waals surface area contributed by atoms with Crippen LogP contribution in [0.15, 0.2) is 48.5 Å². The van der Waals surface area contributed by atoms with Crippen LogP contribution in [0, 0.1) is 0 Å². The highest BCUT2D eigenvalue weighted by Gasteiger charge is 2.17. The largest absolute Gasteiger partial charge is 0.321 e. The van der Waals surface area contributed by atoms with Crippen LogP contribution in [-0.4, -0.2) is 26.1 Å². The van der Waals surface area contributed by atoms with Crippen molar-refractivity contribution in [2.75, 3.05) is 5.32 Å². The second kappa shape index (κ2) is 6.27. The Kier molecular flexibility index (Phi) is 3.95. The maximum absolute atomic E-state index is 12.6. The summed E-state index contributed by atoms with van der Waals surface area (Å²) < 4.78 is 2.56. The van der Waals surface area contributed by atoms with Gasteiger partial charge < -0.3 is 5.32 Å². The molecule has 2 heterocycles. The highest BCUT2D eigenvalue weighted by Crippen LogP contribution is 2.35. The highest BCUT2D eigenvalue weighted by molar-refractivity contribution is 7.21. The number of tetrazole rings is 1. The van der Waals surface area contributed by atoms with Gasteiger partial charge in [-0.05, 0) is 28.6 Å². The van der Waals surface area contributed by atoms with Crippen LogP contribution < -0.4 is 5.32 Å². The van der Waals surface area contributed by atoms with E-state index in [1.165, 1.54) is 11.3 Å². The van der Waals surface area contributed by atoms with Gasteiger partial charge in [-0.15, -0.1) is 16.4 Å². The van der Waals surface area contributed by atoms with Gasteiger partial charge in [0.15, 0.2) is 5.82 Å². The zero-order chi connectivity index (χ0) is 17.4. The van der Waals surface area contributed by atoms with E-state index in [2.05, 4.69) is 20.8 Å². The molecule has 6 nitrogen and oxygen atoms in total. The van der Waals surface area contributed by atoms with E-state index in [0.29, 0.717) is 21.4 Å². The number of hydrogen-bond acceptors (Lipinski definition) is 5. The molecular weight excluding hydrogens is 358 g/mol. The molecule has 0 aliphatic rings. The molecule has 4 aromatic rings. The Morgan fingerprint density at radius 2 is 2.04 bits per heavy atom. The Labute approximate surface area is 152 Å². The second-order valence-electron chi connectivity index (χ2n) is 5.40. The molecule has 8 heteroatoms. The lowest BCUT2D eigenvalue weighted by Crippen LogP contribution is -2.10. The SMILES string of the molecule is Cn1nnnc1-c1cccc(NC(=O)c2sc3ccccc3c2Cl)c1. The maximum Gasteiger partial charge on any atom is 0.267 e. The molecule has 0 aliphatic carbocycles. The normalized spacial score (nSPS) is 11.0. The van der Waals surface area contributed by atoms with E-state index in [1.807, 2.05) is 48.5 Å². The quantitative estimate of drug-likeness (QED) is 0.592. The minimum Gasteiger partial charge on any atom is -0.321 e. The van der Waals surface area contributed by atoms with Crippen LogP contribution in [0.1, 0.15) is 9.67 Å². The first-order valence-corrected chi connectivity index (χ1v) is 8.64. The van der Waals surface area contributed by atoms with Gasteiger partial charge in [0.2, 0.25) is 0 Å². The van der Waals surface area contributed by atoms with Crippen LogP contribution in [0.25, 0.3) is 21.5 Å². The average molecular weight is 370 g/mol. The van der Waals surface area contributed by atoms with E-state index in [-0.39, 0.29) is 5.91 Å². The van der Waals surface area contributed by atoms with Crippen molar-refractivity contribution in [2.24, 2.45) is 7.05 Å². The van der Waals surface area contributed by atoms with Crippen molar-refractivity contribution < 1.29 is 4.79 Å². The van der Waals surface area contributed by atoms with Crippen molar-refractivity contribution in [3.8, 4) is 11.4 Å². The van der Waals surface area contributed by atoms with Gasteiger partial charge in [0, 0.05) is 28.4 Å². The lowest BCUT2D eigenvalue weighted by atomic mass is 10.2. The first-order chi connectivity index (χ1) is 12.1. The Morgan fingerprint density at radius 3 is 2.80 bits per heavy atom. The monoisotopic (exact) mass is 369 g/mol.